The number of hydrogen-bond acceptors (Lipinski definition) is 4. The molecule has 1 rings (SSSR count). The van der Waals surface area contributed by atoms with E-state index in [0.29, 0.717) is 13.2 Å². The van der Waals surface area contributed by atoms with Crippen LogP contribution in [0, 0.1) is 5.41 Å². The molecular formula is C12H23NO3. The summed E-state index contributed by atoms with van der Waals surface area (Å²) in [4.78, 5) is 11.5. The van der Waals surface area contributed by atoms with Crippen LogP contribution in [0.4, 0.5) is 0 Å². The first-order valence-corrected chi connectivity index (χ1v) is 5.88. The van der Waals surface area contributed by atoms with Crippen LogP contribution in [0.3, 0.4) is 0 Å². The Labute approximate surface area is 97.5 Å². The molecule has 0 radical (unpaired) electrons. The lowest BCUT2D eigenvalue weighted by Gasteiger charge is -2.32. The molecule has 0 aromatic carbocycles. The molecule has 1 fully saturated rings. The highest BCUT2D eigenvalue weighted by Crippen LogP contribution is 2.34. The standard InChI is InChI=1S/C12H23NO3/c1-11(2,10(14)15-3)9-16-12(8-13)6-4-5-7-12/h4-9,13H2,1-3H3. The second-order valence-corrected chi connectivity index (χ2v) is 5.26. The second-order valence-electron chi connectivity index (χ2n) is 5.26. The number of methoxy groups -OCH3 is 1. The van der Waals surface area contributed by atoms with E-state index in [1.165, 1.54) is 7.11 Å². The minimum Gasteiger partial charge on any atom is -0.469 e. The number of nitrogens with two attached hydrogens (primary N) is 1. The lowest BCUT2D eigenvalue weighted by Crippen LogP contribution is -2.42. The SMILES string of the molecule is COC(=O)C(C)(C)COC1(CN)CCCC1. The molecule has 1 aliphatic carbocycles. The van der Waals surface area contributed by atoms with Crippen molar-refractivity contribution in [3.05, 3.63) is 0 Å². The summed E-state index contributed by atoms with van der Waals surface area (Å²) in [5.74, 6) is -0.238. The predicted octanol–water partition coefficient (Wildman–Crippen LogP) is 1.47. The average molecular weight is 229 g/mol. The van der Waals surface area contributed by atoms with Gasteiger partial charge in [-0.3, -0.25) is 4.79 Å². The third-order valence-corrected chi connectivity index (χ3v) is 3.36. The van der Waals surface area contributed by atoms with Gasteiger partial charge in [0.25, 0.3) is 0 Å². The molecule has 0 unspecified atom stereocenters. The lowest BCUT2D eigenvalue weighted by molar-refractivity contribution is -0.158. The number of rotatable bonds is 5. The van der Waals surface area contributed by atoms with E-state index in [9.17, 15) is 4.79 Å². The van der Waals surface area contributed by atoms with Crippen molar-refractivity contribution in [2.45, 2.75) is 45.1 Å². The first kappa shape index (κ1) is 13.5. The van der Waals surface area contributed by atoms with Gasteiger partial charge in [0, 0.05) is 6.54 Å². The second kappa shape index (κ2) is 5.15. The monoisotopic (exact) mass is 229 g/mol. The molecule has 16 heavy (non-hydrogen) atoms. The molecule has 94 valence electrons. The maximum atomic E-state index is 11.5. The summed E-state index contributed by atoms with van der Waals surface area (Å²) in [6.45, 7) is 4.57. The highest BCUT2D eigenvalue weighted by Gasteiger charge is 2.37. The fourth-order valence-corrected chi connectivity index (χ4v) is 2.10. The zero-order valence-corrected chi connectivity index (χ0v) is 10.5. The van der Waals surface area contributed by atoms with Gasteiger partial charge in [-0.25, -0.2) is 0 Å². The fraction of sp³-hybridized carbons (Fsp3) is 0.917. The van der Waals surface area contributed by atoms with Gasteiger partial charge >= 0.3 is 5.97 Å². The van der Waals surface area contributed by atoms with Gasteiger partial charge in [-0.05, 0) is 26.7 Å². The van der Waals surface area contributed by atoms with Crippen molar-refractivity contribution in [2.24, 2.45) is 11.1 Å². The summed E-state index contributed by atoms with van der Waals surface area (Å²) >= 11 is 0. The largest absolute Gasteiger partial charge is 0.469 e. The molecule has 4 nitrogen and oxygen atoms in total. The summed E-state index contributed by atoms with van der Waals surface area (Å²) < 4.78 is 10.6. The van der Waals surface area contributed by atoms with Crippen LogP contribution >= 0.6 is 0 Å². The highest BCUT2D eigenvalue weighted by atomic mass is 16.5. The number of ether oxygens (including phenoxy) is 2. The van der Waals surface area contributed by atoms with E-state index < -0.39 is 5.41 Å². The van der Waals surface area contributed by atoms with Crippen molar-refractivity contribution < 1.29 is 14.3 Å². The van der Waals surface area contributed by atoms with Gasteiger partial charge in [0.1, 0.15) is 0 Å². The van der Waals surface area contributed by atoms with Gasteiger partial charge in [-0.15, -0.1) is 0 Å². The van der Waals surface area contributed by atoms with Crippen molar-refractivity contribution >= 4 is 5.97 Å². The van der Waals surface area contributed by atoms with Crippen LogP contribution in [0.1, 0.15) is 39.5 Å². The van der Waals surface area contributed by atoms with Crippen LogP contribution in [-0.4, -0.2) is 31.8 Å². The summed E-state index contributed by atoms with van der Waals surface area (Å²) in [7, 11) is 1.40. The van der Waals surface area contributed by atoms with Crippen molar-refractivity contribution in [3.8, 4) is 0 Å². The minimum absolute atomic E-state index is 0.203. The lowest BCUT2D eigenvalue weighted by atomic mass is 9.94. The first-order chi connectivity index (χ1) is 7.46. The molecule has 1 aliphatic rings. The third kappa shape index (κ3) is 2.95. The summed E-state index contributed by atoms with van der Waals surface area (Å²) in [5.41, 5.74) is 4.96. The van der Waals surface area contributed by atoms with Crippen LogP contribution in [-0.2, 0) is 14.3 Å². The topological polar surface area (TPSA) is 61.5 Å². The molecule has 0 spiro atoms. The Kier molecular flexibility index (Phi) is 4.33. The van der Waals surface area contributed by atoms with E-state index in [1.807, 2.05) is 13.8 Å². The molecule has 0 atom stereocenters. The normalized spacial score (nSPS) is 19.8. The Hall–Kier alpha value is -0.610. The number of esters is 1. The molecule has 0 aromatic rings. The predicted molar refractivity (Wildman–Crippen MR) is 62.0 cm³/mol. The Morgan fingerprint density at radius 2 is 1.94 bits per heavy atom. The maximum Gasteiger partial charge on any atom is 0.313 e. The molecule has 0 saturated heterocycles. The maximum absolute atomic E-state index is 11.5. The Morgan fingerprint density at radius 3 is 2.38 bits per heavy atom. The smallest absolute Gasteiger partial charge is 0.313 e. The molecule has 0 bridgehead atoms. The van der Waals surface area contributed by atoms with Gasteiger partial charge in [0.15, 0.2) is 0 Å². The van der Waals surface area contributed by atoms with Gasteiger partial charge in [-0.2, -0.15) is 0 Å². The molecule has 0 amide bonds. The van der Waals surface area contributed by atoms with E-state index in [4.69, 9.17) is 15.2 Å². The Morgan fingerprint density at radius 1 is 1.38 bits per heavy atom. The van der Waals surface area contributed by atoms with E-state index in [1.54, 1.807) is 0 Å². The minimum atomic E-state index is -0.598. The molecular weight excluding hydrogens is 206 g/mol. The first-order valence-electron chi connectivity index (χ1n) is 5.88. The van der Waals surface area contributed by atoms with Gasteiger partial charge in [0.2, 0.25) is 0 Å². The Bertz CT molecular complexity index is 245. The number of carbonyl (C=O) groups is 1. The van der Waals surface area contributed by atoms with Crippen LogP contribution in [0.2, 0.25) is 0 Å². The van der Waals surface area contributed by atoms with Crippen molar-refractivity contribution in [3.63, 3.8) is 0 Å². The molecule has 4 heteroatoms. The van der Waals surface area contributed by atoms with Crippen LogP contribution in [0.25, 0.3) is 0 Å². The quantitative estimate of drug-likeness (QED) is 0.725. The molecule has 0 heterocycles. The molecule has 2 N–H and O–H groups in total. The van der Waals surface area contributed by atoms with Crippen LogP contribution in [0.5, 0.6) is 0 Å². The zero-order valence-electron chi connectivity index (χ0n) is 10.5. The Balaban J connectivity index is 2.52. The van der Waals surface area contributed by atoms with Gasteiger partial charge in [-0.1, -0.05) is 12.8 Å². The summed E-state index contributed by atoms with van der Waals surface area (Å²) in [5, 5.41) is 0. The van der Waals surface area contributed by atoms with E-state index in [-0.39, 0.29) is 11.6 Å². The van der Waals surface area contributed by atoms with Gasteiger partial charge < -0.3 is 15.2 Å². The van der Waals surface area contributed by atoms with E-state index in [0.717, 1.165) is 25.7 Å². The van der Waals surface area contributed by atoms with Crippen molar-refractivity contribution in [1.29, 1.82) is 0 Å². The fourth-order valence-electron chi connectivity index (χ4n) is 2.10. The molecule has 0 aromatic heterocycles. The summed E-state index contributed by atoms with van der Waals surface area (Å²) in [6, 6.07) is 0. The van der Waals surface area contributed by atoms with Crippen LogP contribution < -0.4 is 5.73 Å². The van der Waals surface area contributed by atoms with Gasteiger partial charge in [0.05, 0.1) is 24.7 Å². The number of hydrogen-bond donors (Lipinski definition) is 1. The van der Waals surface area contributed by atoms with E-state index in [2.05, 4.69) is 0 Å². The summed E-state index contributed by atoms with van der Waals surface area (Å²) in [6.07, 6.45) is 4.33. The molecule has 0 aliphatic heterocycles. The zero-order chi connectivity index (χ0) is 12.2. The van der Waals surface area contributed by atoms with Crippen molar-refractivity contribution in [1.82, 2.24) is 0 Å². The highest BCUT2D eigenvalue weighted by molar-refractivity contribution is 5.75. The van der Waals surface area contributed by atoms with E-state index >= 15 is 0 Å². The average Bonchev–Trinajstić information content (AvgIpc) is 2.75. The van der Waals surface area contributed by atoms with Crippen molar-refractivity contribution in [2.75, 3.05) is 20.3 Å². The molecule has 1 saturated carbocycles. The van der Waals surface area contributed by atoms with Crippen LogP contribution in [0.15, 0.2) is 0 Å². The third-order valence-electron chi connectivity index (χ3n) is 3.36. The number of carbonyl (C=O) groups excluding carboxylic acids is 1.